The second kappa shape index (κ2) is 14.3. The van der Waals surface area contributed by atoms with Crippen molar-refractivity contribution < 1.29 is 14.6 Å². The Bertz CT molecular complexity index is 1670. The topological polar surface area (TPSA) is 127 Å². The lowest BCUT2D eigenvalue weighted by atomic mass is 9.96. The third kappa shape index (κ3) is 7.54. The number of fused-ring (bicyclic) bond motifs is 1. The van der Waals surface area contributed by atoms with Crippen LogP contribution in [0.15, 0.2) is 53.6 Å². The van der Waals surface area contributed by atoms with E-state index in [1.165, 1.54) is 0 Å². The van der Waals surface area contributed by atoms with Crippen LogP contribution in [-0.2, 0) is 6.54 Å². The molecule has 0 unspecified atom stereocenters. The average Bonchev–Trinajstić information content (AvgIpc) is 3.06. The predicted molar refractivity (Wildman–Crippen MR) is 178 cm³/mol. The van der Waals surface area contributed by atoms with Gasteiger partial charge < -0.3 is 34.7 Å². The number of aliphatic hydroxyl groups is 1. The van der Waals surface area contributed by atoms with Crippen molar-refractivity contribution in [1.82, 2.24) is 24.4 Å². The maximum absolute atomic E-state index is 13.2. The number of unbranched alkanes of at least 4 members (excludes halogenated alkanes) is 1. The summed E-state index contributed by atoms with van der Waals surface area (Å²) < 4.78 is 12.8. The molecular formula is C34H45N7O4. The smallest absolute Gasteiger partial charge is 0.251 e. The molecule has 0 saturated carbocycles. The van der Waals surface area contributed by atoms with E-state index in [2.05, 4.69) is 29.5 Å². The number of benzene rings is 1. The van der Waals surface area contributed by atoms with Gasteiger partial charge in [0.1, 0.15) is 17.0 Å². The van der Waals surface area contributed by atoms with Crippen LogP contribution in [0.1, 0.15) is 57.6 Å². The highest BCUT2D eigenvalue weighted by Crippen LogP contribution is 2.30. The average molecular weight is 616 g/mol. The van der Waals surface area contributed by atoms with Gasteiger partial charge in [-0.25, -0.2) is 4.98 Å². The largest absolute Gasteiger partial charge is 0.497 e. The van der Waals surface area contributed by atoms with Gasteiger partial charge in [-0.3, -0.25) is 9.78 Å². The number of aliphatic hydroxyl groups excluding tert-OH is 1. The molecule has 1 aliphatic heterocycles. The lowest BCUT2D eigenvalue weighted by Gasteiger charge is -2.30. The fourth-order valence-electron chi connectivity index (χ4n) is 5.79. The summed E-state index contributed by atoms with van der Waals surface area (Å²) in [5, 5.41) is 17.1. The van der Waals surface area contributed by atoms with Crippen LogP contribution >= 0.6 is 0 Å². The molecule has 5 rings (SSSR count). The van der Waals surface area contributed by atoms with Gasteiger partial charge in [0.15, 0.2) is 5.82 Å². The van der Waals surface area contributed by atoms with Crippen molar-refractivity contribution in [3.05, 3.63) is 64.7 Å². The van der Waals surface area contributed by atoms with Gasteiger partial charge >= 0.3 is 0 Å². The van der Waals surface area contributed by atoms with E-state index in [1.54, 1.807) is 26.5 Å². The SMILES string of the molecule is CCCC[C@](C)(CO)Nc1nc(NCc2ccc(OC)cc2OC)nc2cc(-c3ccn(C4CCN(C)CC4)c(=O)c3)cnc12. The summed E-state index contributed by atoms with van der Waals surface area (Å²) in [5.41, 5.74) is 3.08. The summed E-state index contributed by atoms with van der Waals surface area (Å²) in [4.78, 5) is 29.9. The molecule has 0 spiro atoms. The Kier molecular flexibility index (Phi) is 10.2. The second-order valence-electron chi connectivity index (χ2n) is 12.2. The minimum Gasteiger partial charge on any atom is -0.497 e. The van der Waals surface area contributed by atoms with Gasteiger partial charge in [-0.1, -0.05) is 19.8 Å². The summed E-state index contributed by atoms with van der Waals surface area (Å²) >= 11 is 0. The number of ether oxygens (including phenoxy) is 2. The Morgan fingerprint density at radius 1 is 1.07 bits per heavy atom. The van der Waals surface area contributed by atoms with Crippen LogP contribution in [0.4, 0.5) is 11.8 Å². The summed E-state index contributed by atoms with van der Waals surface area (Å²) in [6.07, 6.45) is 8.31. The predicted octanol–water partition coefficient (Wildman–Crippen LogP) is 5.10. The second-order valence-corrected chi connectivity index (χ2v) is 12.2. The maximum atomic E-state index is 13.2. The van der Waals surface area contributed by atoms with Gasteiger partial charge in [-0.05, 0) is 76.2 Å². The molecule has 4 aromatic rings. The van der Waals surface area contributed by atoms with Crippen molar-refractivity contribution >= 4 is 22.8 Å². The van der Waals surface area contributed by atoms with Crippen molar-refractivity contribution in [2.45, 2.75) is 64.1 Å². The summed E-state index contributed by atoms with van der Waals surface area (Å²) in [7, 11) is 5.36. The van der Waals surface area contributed by atoms with E-state index in [-0.39, 0.29) is 18.2 Å². The highest BCUT2D eigenvalue weighted by Gasteiger charge is 2.25. The Morgan fingerprint density at radius 3 is 2.56 bits per heavy atom. The van der Waals surface area contributed by atoms with Crippen molar-refractivity contribution in [2.75, 3.05) is 51.6 Å². The van der Waals surface area contributed by atoms with Gasteiger partial charge in [0, 0.05) is 48.2 Å². The van der Waals surface area contributed by atoms with E-state index in [1.807, 2.05) is 48.0 Å². The maximum Gasteiger partial charge on any atom is 0.251 e. The Morgan fingerprint density at radius 2 is 1.87 bits per heavy atom. The van der Waals surface area contributed by atoms with Gasteiger partial charge in [0.2, 0.25) is 5.95 Å². The molecule has 0 bridgehead atoms. The first-order valence-electron chi connectivity index (χ1n) is 15.7. The molecule has 1 fully saturated rings. The summed E-state index contributed by atoms with van der Waals surface area (Å²) in [5.74, 6) is 2.32. The minimum absolute atomic E-state index is 0.0161. The molecule has 45 heavy (non-hydrogen) atoms. The van der Waals surface area contributed by atoms with Gasteiger partial charge in [0.25, 0.3) is 5.56 Å². The Balaban J connectivity index is 1.49. The lowest BCUT2D eigenvalue weighted by Crippen LogP contribution is -2.39. The standard InChI is InChI=1S/C34H45N7O4/c1-6-7-13-34(2,22-42)39-32-31-28(37-33(38-32)36-20-24-8-9-27(44-4)19-29(24)45-5)17-25(21-35-31)23-10-16-41(30(43)18-23)26-11-14-40(3)15-12-26/h8-10,16-19,21,26,42H,6-7,11-15,20,22H2,1-5H3,(H2,36,37,38,39)/t34-/m1/s1. The highest BCUT2D eigenvalue weighted by molar-refractivity contribution is 5.89. The molecule has 0 radical (unpaired) electrons. The van der Waals surface area contributed by atoms with Crippen LogP contribution < -0.4 is 25.7 Å². The molecule has 3 aromatic heterocycles. The monoisotopic (exact) mass is 615 g/mol. The number of piperidine rings is 1. The molecule has 1 aliphatic rings. The number of rotatable bonds is 13. The minimum atomic E-state index is -0.591. The van der Waals surface area contributed by atoms with Crippen molar-refractivity contribution in [3.8, 4) is 22.6 Å². The molecule has 3 N–H and O–H groups in total. The Hall–Kier alpha value is -4.22. The number of hydrogen-bond donors (Lipinski definition) is 3. The van der Waals surface area contributed by atoms with E-state index in [0.717, 1.165) is 61.9 Å². The molecule has 1 atom stereocenters. The number of pyridine rings is 2. The zero-order chi connectivity index (χ0) is 32.0. The van der Waals surface area contributed by atoms with Gasteiger partial charge in [-0.15, -0.1) is 0 Å². The third-order valence-electron chi connectivity index (χ3n) is 8.68. The molecule has 4 heterocycles. The van der Waals surface area contributed by atoms with E-state index < -0.39 is 5.54 Å². The van der Waals surface area contributed by atoms with Crippen LogP contribution in [0.25, 0.3) is 22.2 Å². The van der Waals surface area contributed by atoms with E-state index in [0.29, 0.717) is 40.8 Å². The van der Waals surface area contributed by atoms with Crippen LogP contribution in [0.3, 0.4) is 0 Å². The molecule has 11 nitrogen and oxygen atoms in total. The summed E-state index contributed by atoms with van der Waals surface area (Å²) in [6.45, 7) is 6.43. The number of aromatic nitrogens is 4. The number of anilines is 2. The highest BCUT2D eigenvalue weighted by atomic mass is 16.5. The van der Waals surface area contributed by atoms with Gasteiger partial charge in [-0.2, -0.15) is 4.98 Å². The number of hydrogen-bond acceptors (Lipinski definition) is 10. The van der Waals surface area contributed by atoms with E-state index >= 15 is 0 Å². The molecule has 11 heteroatoms. The lowest BCUT2D eigenvalue weighted by molar-refractivity contribution is 0.212. The van der Waals surface area contributed by atoms with Crippen molar-refractivity contribution in [2.24, 2.45) is 0 Å². The quantitative estimate of drug-likeness (QED) is 0.187. The zero-order valence-electron chi connectivity index (χ0n) is 27.0. The van der Waals surface area contributed by atoms with Crippen molar-refractivity contribution in [3.63, 3.8) is 0 Å². The number of likely N-dealkylation sites (tertiary alicyclic amines) is 1. The first-order chi connectivity index (χ1) is 21.7. The number of methoxy groups -OCH3 is 2. The van der Waals surface area contributed by atoms with Crippen LogP contribution in [-0.4, -0.2) is 76.0 Å². The fourth-order valence-corrected chi connectivity index (χ4v) is 5.79. The Labute approximate surface area is 264 Å². The van der Waals surface area contributed by atoms with Crippen molar-refractivity contribution in [1.29, 1.82) is 0 Å². The first kappa shape index (κ1) is 32.2. The summed E-state index contributed by atoms with van der Waals surface area (Å²) in [6, 6.07) is 11.5. The zero-order valence-corrected chi connectivity index (χ0v) is 27.0. The van der Waals surface area contributed by atoms with Crippen LogP contribution in [0.2, 0.25) is 0 Å². The molecule has 1 aromatic carbocycles. The molecular weight excluding hydrogens is 570 g/mol. The molecule has 240 valence electrons. The van der Waals surface area contributed by atoms with Crippen LogP contribution in [0.5, 0.6) is 11.5 Å². The molecule has 0 amide bonds. The molecule has 1 saturated heterocycles. The fraction of sp³-hybridized carbons (Fsp3) is 0.471. The number of nitrogens with one attached hydrogen (secondary N) is 2. The number of nitrogens with zero attached hydrogens (tertiary/aromatic N) is 5. The van der Waals surface area contributed by atoms with E-state index in [9.17, 15) is 9.90 Å². The normalized spacial score (nSPS) is 15.5. The van der Waals surface area contributed by atoms with Crippen LogP contribution in [0, 0.1) is 0 Å². The van der Waals surface area contributed by atoms with Gasteiger partial charge in [0.05, 0.1) is 31.9 Å². The molecule has 0 aliphatic carbocycles. The van der Waals surface area contributed by atoms with E-state index in [4.69, 9.17) is 24.4 Å². The first-order valence-corrected chi connectivity index (χ1v) is 15.7. The third-order valence-corrected chi connectivity index (χ3v) is 8.68.